The van der Waals surface area contributed by atoms with Gasteiger partial charge >= 0.3 is 5.97 Å². The van der Waals surface area contributed by atoms with Crippen molar-refractivity contribution in [1.29, 1.82) is 0 Å². The maximum absolute atomic E-state index is 11.2. The van der Waals surface area contributed by atoms with Crippen molar-refractivity contribution in [3.63, 3.8) is 0 Å². The van der Waals surface area contributed by atoms with E-state index in [4.69, 9.17) is 4.74 Å². The lowest BCUT2D eigenvalue weighted by atomic mass is 9.94. The average molecular weight is 270 g/mol. The Balaban J connectivity index is 2.43. The number of ether oxygens (including phenoxy) is 2. The second-order valence-corrected chi connectivity index (χ2v) is 5.30. The van der Waals surface area contributed by atoms with E-state index < -0.39 is 0 Å². The number of rotatable bonds is 7. The van der Waals surface area contributed by atoms with Gasteiger partial charge in [0.2, 0.25) is 0 Å². The standard InChI is InChI=1S/C14H26N2O3/c1-11(8-14(17)19-4)12(2)9-15-16-7-5-6-13(16)10-18-3/h9,11-13H,5-8,10H2,1-4H3/b15-9-/t11-,12+,13-/m0/s1. The van der Waals surface area contributed by atoms with Gasteiger partial charge in [-0.1, -0.05) is 13.8 Å². The van der Waals surface area contributed by atoms with Gasteiger partial charge in [-0.3, -0.25) is 9.80 Å². The third-order valence-corrected chi connectivity index (χ3v) is 3.77. The monoisotopic (exact) mass is 270 g/mol. The van der Waals surface area contributed by atoms with Crippen LogP contribution in [0.4, 0.5) is 0 Å². The van der Waals surface area contributed by atoms with Gasteiger partial charge in [0.1, 0.15) is 0 Å². The number of hydrazone groups is 1. The van der Waals surface area contributed by atoms with Crippen LogP contribution in [-0.4, -0.2) is 50.6 Å². The molecule has 0 aromatic carbocycles. The Morgan fingerprint density at radius 1 is 1.47 bits per heavy atom. The number of carbonyl (C=O) groups excluding carboxylic acids is 1. The van der Waals surface area contributed by atoms with Gasteiger partial charge in [-0.2, -0.15) is 5.10 Å². The van der Waals surface area contributed by atoms with Crippen LogP contribution in [0.15, 0.2) is 5.10 Å². The highest BCUT2D eigenvalue weighted by atomic mass is 16.5. The van der Waals surface area contributed by atoms with Crippen molar-refractivity contribution in [2.24, 2.45) is 16.9 Å². The largest absolute Gasteiger partial charge is 0.469 e. The maximum Gasteiger partial charge on any atom is 0.305 e. The summed E-state index contributed by atoms with van der Waals surface area (Å²) in [6.07, 6.45) is 4.68. The molecule has 5 nitrogen and oxygen atoms in total. The summed E-state index contributed by atoms with van der Waals surface area (Å²) in [5, 5.41) is 6.66. The molecule has 3 atom stereocenters. The summed E-state index contributed by atoms with van der Waals surface area (Å²) in [7, 11) is 3.15. The minimum absolute atomic E-state index is 0.161. The van der Waals surface area contributed by atoms with E-state index >= 15 is 0 Å². The molecule has 0 aromatic heterocycles. The third-order valence-electron chi connectivity index (χ3n) is 3.77. The summed E-state index contributed by atoms with van der Waals surface area (Å²) in [6.45, 7) is 5.84. The van der Waals surface area contributed by atoms with Crippen LogP contribution < -0.4 is 0 Å². The second-order valence-electron chi connectivity index (χ2n) is 5.30. The summed E-state index contributed by atoms with van der Waals surface area (Å²) < 4.78 is 9.89. The zero-order chi connectivity index (χ0) is 14.3. The molecule has 19 heavy (non-hydrogen) atoms. The van der Waals surface area contributed by atoms with Crippen molar-refractivity contribution < 1.29 is 14.3 Å². The molecule has 1 aliphatic rings. The lowest BCUT2D eigenvalue weighted by molar-refractivity contribution is -0.141. The van der Waals surface area contributed by atoms with Crippen molar-refractivity contribution in [1.82, 2.24) is 5.01 Å². The quantitative estimate of drug-likeness (QED) is 0.524. The van der Waals surface area contributed by atoms with Gasteiger partial charge in [0, 0.05) is 26.3 Å². The molecule has 0 radical (unpaired) electrons. The normalized spacial score (nSPS) is 22.7. The third kappa shape index (κ3) is 5.19. The Morgan fingerprint density at radius 3 is 2.84 bits per heavy atom. The molecule has 1 aliphatic heterocycles. The molecule has 110 valence electrons. The van der Waals surface area contributed by atoms with Crippen LogP contribution in [0.3, 0.4) is 0 Å². The highest BCUT2D eigenvalue weighted by Crippen LogP contribution is 2.19. The van der Waals surface area contributed by atoms with Crippen molar-refractivity contribution in [2.45, 2.75) is 39.2 Å². The van der Waals surface area contributed by atoms with Gasteiger partial charge < -0.3 is 9.47 Å². The second kappa shape index (κ2) is 8.15. The summed E-state index contributed by atoms with van der Waals surface area (Å²) in [6, 6.07) is 0.393. The summed E-state index contributed by atoms with van der Waals surface area (Å²) >= 11 is 0. The Labute approximate surface area is 115 Å². The molecule has 1 fully saturated rings. The molecular formula is C14H26N2O3. The summed E-state index contributed by atoms with van der Waals surface area (Å²) in [5.41, 5.74) is 0. The molecule has 1 heterocycles. The Kier molecular flexibility index (Phi) is 6.84. The molecular weight excluding hydrogens is 244 g/mol. The fourth-order valence-electron chi connectivity index (χ4n) is 2.20. The molecule has 0 aromatic rings. The SMILES string of the molecule is COC[C@@H]1CCCN1/N=C\[C@@H](C)[C@@H](C)CC(=O)OC. The van der Waals surface area contributed by atoms with Gasteiger partial charge in [0.05, 0.1) is 19.8 Å². The first-order valence-electron chi connectivity index (χ1n) is 6.95. The van der Waals surface area contributed by atoms with Crippen LogP contribution in [-0.2, 0) is 14.3 Å². The number of hydrogen-bond donors (Lipinski definition) is 0. The predicted molar refractivity (Wildman–Crippen MR) is 75.1 cm³/mol. The van der Waals surface area contributed by atoms with Crippen molar-refractivity contribution in [2.75, 3.05) is 27.4 Å². The first kappa shape index (κ1) is 16.0. The van der Waals surface area contributed by atoms with Crippen molar-refractivity contribution in [3.05, 3.63) is 0 Å². The van der Waals surface area contributed by atoms with E-state index in [0.29, 0.717) is 12.5 Å². The summed E-state index contributed by atoms with van der Waals surface area (Å²) in [5.74, 6) is 0.328. The van der Waals surface area contributed by atoms with Crippen LogP contribution in [0.25, 0.3) is 0 Å². The van der Waals surface area contributed by atoms with E-state index in [-0.39, 0.29) is 17.8 Å². The Bertz CT molecular complexity index is 307. The number of nitrogens with zero attached hydrogens (tertiary/aromatic N) is 2. The topological polar surface area (TPSA) is 51.1 Å². The molecule has 0 amide bonds. The first-order valence-corrected chi connectivity index (χ1v) is 6.95. The zero-order valence-electron chi connectivity index (χ0n) is 12.5. The van der Waals surface area contributed by atoms with Crippen LogP contribution in [0, 0.1) is 11.8 Å². The minimum atomic E-state index is -0.161. The molecule has 0 N–H and O–H groups in total. The Morgan fingerprint density at radius 2 is 2.21 bits per heavy atom. The van der Waals surface area contributed by atoms with Gasteiger partial charge in [-0.15, -0.1) is 0 Å². The average Bonchev–Trinajstić information content (AvgIpc) is 2.83. The number of methoxy groups -OCH3 is 2. The highest BCUT2D eigenvalue weighted by Gasteiger charge is 2.23. The van der Waals surface area contributed by atoms with E-state index in [9.17, 15) is 4.79 Å². The van der Waals surface area contributed by atoms with E-state index in [1.165, 1.54) is 7.11 Å². The fraction of sp³-hybridized carbons (Fsp3) is 0.857. The molecule has 1 saturated heterocycles. The fourth-order valence-corrected chi connectivity index (χ4v) is 2.20. The van der Waals surface area contributed by atoms with Crippen LogP contribution in [0.1, 0.15) is 33.1 Å². The van der Waals surface area contributed by atoms with Crippen LogP contribution >= 0.6 is 0 Å². The molecule has 0 spiro atoms. The van der Waals surface area contributed by atoms with E-state index in [2.05, 4.69) is 21.8 Å². The lowest BCUT2D eigenvalue weighted by Gasteiger charge is -2.22. The Hall–Kier alpha value is -1.10. The van der Waals surface area contributed by atoms with Crippen molar-refractivity contribution in [3.8, 4) is 0 Å². The number of hydrogen-bond acceptors (Lipinski definition) is 5. The van der Waals surface area contributed by atoms with E-state index in [1.54, 1.807) is 7.11 Å². The van der Waals surface area contributed by atoms with E-state index in [1.807, 2.05) is 13.1 Å². The highest BCUT2D eigenvalue weighted by molar-refractivity contribution is 5.70. The van der Waals surface area contributed by atoms with Gasteiger partial charge in [0.15, 0.2) is 0 Å². The molecule has 5 heteroatoms. The van der Waals surface area contributed by atoms with Gasteiger partial charge in [0.25, 0.3) is 0 Å². The minimum Gasteiger partial charge on any atom is -0.469 e. The van der Waals surface area contributed by atoms with Crippen LogP contribution in [0.2, 0.25) is 0 Å². The zero-order valence-corrected chi connectivity index (χ0v) is 12.5. The number of esters is 1. The molecule has 0 saturated carbocycles. The smallest absolute Gasteiger partial charge is 0.305 e. The van der Waals surface area contributed by atoms with Gasteiger partial charge in [-0.25, -0.2) is 0 Å². The first-order chi connectivity index (χ1) is 9.08. The molecule has 1 rings (SSSR count). The molecule has 0 aliphatic carbocycles. The number of carbonyl (C=O) groups is 1. The maximum atomic E-state index is 11.2. The molecule has 0 bridgehead atoms. The lowest BCUT2D eigenvalue weighted by Crippen LogP contribution is -2.29. The molecule has 0 unspecified atom stereocenters. The predicted octanol–water partition coefficient (Wildman–Crippen LogP) is 1.92. The van der Waals surface area contributed by atoms with E-state index in [0.717, 1.165) is 26.0 Å². The van der Waals surface area contributed by atoms with Gasteiger partial charge in [-0.05, 0) is 24.7 Å². The van der Waals surface area contributed by atoms with Crippen LogP contribution in [0.5, 0.6) is 0 Å². The summed E-state index contributed by atoms with van der Waals surface area (Å²) in [4.78, 5) is 11.2. The van der Waals surface area contributed by atoms with Crippen molar-refractivity contribution >= 4 is 12.2 Å².